The van der Waals surface area contributed by atoms with Crippen LogP contribution in [0.4, 0.5) is 5.95 Å². The number of hydrogen-bond donors (Lipinski definition) is 0. The van der Waals surface area contributed by atoms with Crippen molar-refractivity contribution >= 4 is 16.9 Å². The number of hydrogen-bond acceptors (Lipinski definition) is 4. The molecule has 5 nitrogen and oxygen atoms in total. The van der Waals surface area contributed by atoms with Crippen molar-refractivity contribution in [2.45, 2.75) is 0 Å². The molecule has 0 saturated carbocycles. The second kappa shape index (κ2) is 5.93. The van der Waals surface area contributed by atoms with E-state index in [1.165, 1.54) is 5.39 Å². The molecule has 0 aliphatic rings. The van der Waals surface area contributed by atoms with E-state index in [1.807, 2.05) is 36.3 Å². The highest BCUT2D eigenvalue weighted by Gasteiger charge is 2.08. The van der Waals surface area contributed by atoms with Crippen molar-refractivity contribution < 1.29 is 4.74 Å². The number of fused-ring (bicyclic) bond motifs is 1. The first-order valence-electron chi connectivity index (χ1n) is 6.89. The number of aromatic nitrogens is 3. The summed E-state index contributed by atoms with van der Waals surface area (Å²) in [6, 6.07) is 12.3. The summed E-state index contributed by atoms with van der Waals surface area (Å²) in [6.07, 6.45) is 3.82. The van der Waals surface area contributed by atoms with Gasteiger partial charge in [-0.15, -0.1) is 0 Å². The van der Waals surface area contributed by atoms with E-state index in [9.17, 15) is 0 Å². The Morgan fingerprint density at radius 3 is 2.90 bits per heavy atom. The lowest BCUT2D eigenvalue weighted by molar-refractivity contribution is 0.206. The maximum atomic E-state index is 5.09. The van der Waals surface area contributed by atoms with Gasteiger partial charge in [0, 0.05) is 33.1 Å². The zero-order chi connectivity index (χ0) is 14.7. The minimum atomic E-state index is 0.649. The van der Waals surface area contributed by atoms with Gasteiger partial charge in [0.2, 0.25) is 5.95 Å². The Kier molecular flexibility index (Phi) is 3.83. The van der Waals surface area contributed by atoms with Crippen molar-refractivity contribution in [1.82, 2.24) is 14.5 Å². The largest absolute Gasteiger partial charge is 0.383 e. The fourth-order valence-electron chi connectivity index (χ4n) is 2.27. The Labute approximate surface area is 123 Å². The van der Waals surface area contributed by atoms with E-state index in [1.54, 1.807) is 13.3 Å². The van der Waals surface area contributed by atoms with E-state index < -0.39 is 0 Å². The number of para-hydroxylation sites is 1. The molecule has 0 spiro atoms. The quantitative estimate of drug-likeness (QED) is 0.721. The summed E-state index contributed by atoms with van der Waals surface area (Å²) in [4.78, 5) is 11.0. The molecule has 0 aliphatic carbocycles. The van der Waals surface area contributed by atoms with Gasteiger partial charge in [0.15, 0.2) is 0 Å². The Hall–Kier alpha value is -2.40. The van der Waals surface area contributed by atoms with Crippen LogP contribution in [0.5, 0.6) is 0 Å². The third-order valence-electron chi connectivity index (χ3n) is 3.45. The summed E-state index contributed by atoms with van der Waals surface area (Å²) in [5.74, 6) is 1.56. The summed E-state index contributed by atoms with van der Waals surface area (Å²) in [5.41, 5.74) is 1.14. The summed E-state index contributed by atoms with van der Waals surface area (Å²) >= 11 is 0. The van der Waals surface area contributed by atoms with Crippen molar-refractivity contribution in [2.24, 2.45) is 0 Å². The molecule has 0 atom stereocenters. The Bertz CT molecular complexity index is 738. The molecule has 21 heavy (non-hydrogen) atoms. The topological polar surface area (TPSA) is 43.2 Å². The number of anilines is 1. The van der Waals surface area contributed by atoms with Crippen LogP contribution < -0.4 is 4.90 Å². The van der Waals surface area contributed by atoms with Crippen molar-refractivity contribution in [3.8, 4) is 5.82 Å². The second-order valence-corrected chi connectivity index (χ2v) is 4.87. The predicted octanol–water partition coefficient (Wildman–Crippen LogP) is 2.50. The zero-order valence-electron chi connectivity index (χ0n) is 12.2. The SMILES string of the molecule is COCCN(C)c1nccc(-n2ccc3ccccc32)n1. The van der Waals surface area contributed by atoms with Crippen molar-refractivity contribution in [3.63, 3.8) is 0 Å². The third kappa shape index (κ3) is 2.73. The van der Waals surface area contributed by atoms with Gasteiger partial charge in [-0.1, -0.05) is 18.2 Å². The number of methoxy groups -OCH3 is 1. The van der Waals surface area contributed by atoms with Crippen molar-refractivity contribution in [3.05, 3.63) is 48.8 Å². The molecule has 0 N–H and O–H groups in total. The average Bonchev–Trinajstić information content (AvgIpc) is 2.97. The second-order valence-electron chi connectivity index (χ2n) is 4.87. The van der Waals surface area contributed by atoms with Crippen molar-refractivity contribution in [2.75, 3.05) is 32.2 Å². The summed E-state index contributed by atoms with van der Waals surface area (Å²) < 4.78 is 7.17. The minimum Gasteiger partial charge on any atom is -0.383 e. The zero-order valence-corrected chi connectivity index (χ0v) is 12.2. The van der Waals surface area contributed by atoms with Gasteiger partial charge in [0.1, 0.15) is 5.82 Å². The summed E-state index contributed by atoms with van der Waals surface area (Å²) in [6.45, 7) is 1.41. The van der Waals surface area contributed by atoms with Crippen LogP contribution in [0.2, 0.25) is 0 Å². The van der Waals surface area contributed by atoms with E-state index in [-0.39, 0.29) is 0 Å². The lowest BCUT2D eigenvalue weighted by Gasteiger charge is -2.17. The van der Waals surface area contributed by atoms with Crippen LogP contribution in [-0.4, -0.2) is 41.8 Å². The molecule has 0 saturated heterocycles. The van der Waals surface area contributed by atoms with E-state index >= 15 is 0 Å². The highest BCUT2D eigenvalue weighted by Crippen LogP contribution is 2.19. The molecule has 2 aromatic heterocycles. The number of rotatable bonds is 5. The molecule has 0 radical (unpaired) electrons. The smallest absolute Gasteiger partial charge is 0.227 e. The van der Waals surface area contributed by atoms with Crippen LogP contribution in [0.3, 0.4) is 0 Å². The molecule has 0 amide bonds. The maximum absolute atomic E-state index is 5.09. The van der Waals surface area contributed by atoms with E-state index in [0.717, 1.165) is 17.9 Å². The van der Waals surface area contributed by atoms with E-state index in [0.29, 0.717) is 12.6 Å². The minimum absolute atomic E-state index is 0.649. The van der Waals surface area contributed by atoms with E-state index in [2.05, 4.69) is 32.7 Å². The van der Waals surface area contributed by atoms with E-state index in [4.69, 9.17) is 4.74 Å². The van der Waals surface area contributed by atoms with Crippen LogP contribution >= 0.6 is 0 Å². The molecule has 0 aliphatic heterocycles. The number of nitrogens with zero attached hydrogens (tertiary/aromatic N) is 4. The molecular formula is C16H18N4O. The predicted molar refractivity (Wildman–Crippen MR) is 84.0 cm³/mol. The van der Waals surface area contributed by atoms with Crippen LogP contribution in [0.15, 0.2) is 48.8 Å². The third-order valence-corrected chi connectivity index (χ3v) is 3.45. The molecule has 0 unspecified atom stereocenters. The molecule has 0 fully saturated rings. The van der Waals surface area contributed by atoms with Gasteiger partial charge < -0.3 is 14.2 Å². The van der Waals surface area contributed by atoms with Gasteiger partial charge in [0.05, 0.1) is 12.1 Å². The Balaban J connectivity index is 1.96. The molecule has 2 heterocycles. The molecule has 3 rings (SSSR count). The standard InChI is InChI=1S/C16H18N4O/c1-19(11-12-21-2)16-17-9-7-15(18-16)20-10-8-13-5-3-4-6-14(13)20/h3-10H,11-12H2,1-2H3. The van der Waals surface area contributed by atoms with Gasteiger partial charge in [-0.2, -0.15) is 4.98 Å². The van der Waals surface area contributed by atoms with Gasteiger partial charge in [-0.25, -0.2) is 4.98 Å². The first-order chi connectivity index (χ1) is 10.3. The number of ether oxygens (including phenoxy) is 1. The summed E-state index contributed by atoms with van der Waals surface area (Å²) in [7, 11) is 3.66. The van der Waals surface area contributed by atoms with Gasteiger partial charge >= 0.3 is 0 Å². The van der Waals surface area contributed by atoms with Crippen LogP contribution in [0.1, 0.15) is 0 Å². The average molecular weight is 282 g/mol. The number of likely N-dealkylation sites (N-methyl/N-ethyl adjacent to an activating group) is 1. The first-order valence-corrected chi connectivity index (χ1v) is 6.89. The lowest BCUT2D eigenvalue weighted by Crippen LogP contribution is -2.24. The monoisotopic (exact) mass is 282 g/mol. The van der Waals surface area contributed by atoms with Crippen LogP contribution in [-0.2, 0) is 4.74 Å². The summed E-state index contributed by atoms with van der Waals surface area (Å²) in [5, 5.41) is 1.20. The molecule has 108 valence electrons. The normalized spacial score (nSPS) is 11.0. The first kappa shape index (κ1) is 13.6. The fraction of sp³-hybridized carbons (Fsp3) is 0.250. The maximum Gasteiger partial charge on any atom is 0.227 e. The number of benzene rings is 1. The van der Waals surface area contributed by atoms with Crippen molar-refractivity contribution in [1.29, 1.82) is 0 Å². The molecule has 0 bridgehead atoms. The molecule has 5 heteroatoms. The molecule has 3 aromatic rings. The Morgan fingerprint density at radius 1 is 1.19 bits per heavy atom. The van der Waals surface area contributed by atoms with Gasteiger partial charge in [0.25, 0.3) is 0 Å². The highest BCUT2D eigenvalue weighted by molar-refractivity contribution is 5.81. The highest BCUT2D eigenvalue weighted by atomic mass is 16.5. The van der Waals surface area contributed by atoms with Gasteiger partial charge in [-0.3, -0.25) is 0 Å². The van der Waals surface area contributed by atoms with Gasteiger partial charge in [-0.05, 0) is 23.6 Å². The lowest BCUT2D eigenvalue weighted by atomic mass is 10.2. The van der Waals surface area contributed by atoms with Crippen LogP contribution in [0.25, 0.3) is 16.7 Å². The molecule has 1 aromatic carbocycles. The fourth-order valence-corrected chi connectivity index (χ4v) is 2.27. The molecular weight excluding hydrogens is 264 g/mol. The van der Waals surface area contributed by atoms with Crippen LogP contribution in [0, 0.1) is 0 Å². The Morgan fingerprint density at radius 2 is 2.05 bits per heavy atom.